The van der Waals surface area contributed by atoms with Gasteiger partial charge in [-0.3, -0.25) is 9.78 Å². The van der Waals surface area contributed by atoms with E-state index in [1.807, 2.05) is 0 Å². The molecule has 0 atom stereocenters. The van der Waals surface area contributed by atoms with Crippen molar-refractivity contribution in [1.29, 1.82) is 0 Å². The fourth-order valence-corrected chi connectivity index (χ4v) is 1.91. The van der Waals surface area contributed by atoms with Gasteiger partial charge in [0.1, 0.15) is 5.75 Å². The maximum absolute atomic E-state index is 11.2. The van der Waals surface area contributed by atoms with E-state index in [9.17, 15) is 9.90 Å². The topological polar surface area (TPSA) is 68.7 Å². The summed E-state index contributed by atoms with van der Waals surface area (Å²) in [5, 5.41) is 11.2. The number of fused-ring (bicyclic) bond motifs is 1. The minimum atomic E-state index is -0.427. The number of hydrogen-bond acceptors (Lipinski definition) is 5. The normalized spacial score (nSPS) is 10.4. The van der Waals surface area contributed by atoms with Crippen LogP contribution in [-0.4, -0.2) is 23.2 Å². The predicted octanol–water partition coefficient (Wildman–Crippen LogP) is 2.18. The molecule has 2 rings (SSSR count). The van der Waals surface area contributed by atoms with Gasteiger partial charge in [-0.25, -0.2) is 0 Å². The first-order valence-electron chi connectivity index (χ1n) is 5.38. The van der Waals surface area contributed by atoms with Crippen molar-refractivity contribution in [3.63, 3.8) is 0 Å². The number of carbonyl (C=O) groups is 1. The molecule has 1 heterocycles. The highest BCUT2D eigenvalue weighted by Crippen LogP contribution is 2.44. The van der Waals surface area contributed by atoms with Crippen molar-refractivity contribution in [2.75, 3.05) is 7.11 Å². The molecule has 2 aromatic rings. The van der Waals surface area contributed by atoms with Gasteiger partial charge < -0.3 is 14.6 Å². The summed E-state index contributed by atoms with van der Waals surface area (Å²) < 4.78 is 10.3. The van der Waals surface area contributed by atoms with E-state index in [-0.39, 0.29) is 11.5 Å². The summed E-state index contributed by atoms with van der Waals surface area (Å²) in [5.74, 6) is 0.235. The molecule has 0 bridgehead atoms. The fraction of sp³-hybridized carbons (Fsp3) is 0.231. The van der Waals surface area contributed by atoms with Crippen LogP contribution >= 0.6 is 0 Å². The van der Waals surface area contributed by atoms with E-state index in [0.29, 0.717) is 22.1 Å². The van der Waals surface area contributed by atoms with Gasteiger partial charge >= 0.3 is 5.97 Å². The predicted molar refractivity (Wildman–Crippen MR) is 66.0 cm³/mol. The van der Waals surface area contributed by atoms with E-state index in [4.69, 9.17) is 9.47 Å². The lowest BCUT2D eigenvalue weighted by molar-refractivity contribution is -0.131. The summed E-state index contributed by atoms with van der Waals surface area (Å²) in [5.41, 5.74) is 0.573. The maximum atomic E-state index is 11.2. The van der Waals surface area contributed by atoms with Crippen molar-refractivity contribution < 1.29 is 19.4 Å². The second-order valence-corrected chi connectivity index (χ2v) is 3.85. The highest BCUT2D eigenvalue weighted by atomic mass is 16.5. The molecule has 0 aliphatic heterocycles. The Balaban J connectivity index is 2.85. The summed E-state index contributed by atoms with van der Waals surface area (Å²) in [6.45, 7) is 3.04. The van der Waals surface area contributed by atoms with Gasteiger partial charge in [-0.1, -0.05) is 0 Å². The Kier molecular flexibility index (Phi) is 3.06. The fourth-order valence-electron chi connectivity index (χ4n) is 1.91. The van der Waals surface area contributed by atoms with Gasteiger partial charge in [0.25, 0.3) is 0 Å². The van der Waals surface area contributed by atoms with E-state index < -0.39 is 5.97 Å². The van der Waals surface area contributed by atoms with Crippen LogP contribution in [0.4, 0.5) is 0 Å². The molecule has 94 valence electrons. The number of benzene rings is 1. The van der Waals surface area contributed by atoms with Gasteiger partial charge in [0.05, 0.1) is 7.11 Å². The first kappa shape index (κ1) is 12.2. The number of methoxy groups -OCH3 is 1. The molecule has 1 aromatic carbocycles. The summed E-state index contributed by atoms with van der Waals surface area (Å²) in [7, 11) is 1.45. The maximum Gasteiger partial charge on any atom is 0.308 e. The molecule has 0 aliphatic carbocycles. The number of aromatic nitrogens is 1. The molecule has 0 unspecified atom stereocenters. The number of phenolic OH excluding ortho intramolecular Hbond substituents is 1. The second kappa shape index (κ2) is 4.52. The zero-order valence-corrected chi connectivity index (χ0v) is 10.4. The van der Waals surface area contributed by atoms with Crippen LogP contribution in [0.25, 0.3) is 10.8 Å². The van der Waals surface area contributed by atoms with Gasteiger partial charge in [-0.15, -0.1) is 0 Å². The highest BCUT2D eigenvalue weighted by Gasteiger charge is 2.19. The van der Waals surface area contributed by atoms with Gasteiger partial charge in [-0.2, -0.15) is 0 Å². The lowest BCUT2D eigenvalue weighted by Crippen LogP contribution is -2.04. The van der Waals surface area contributed by atoms with Crippen LogP contribution in [0.1, 0.15) is 12.5 Å². The van der Waals surface area contributed by atoms with Crippen molar-refractivity contribution in [2.45, 2.75) is 13.8 Å². The van der Waals surface area contributed by atoms with Crippen LogP contribution < -0.4 is 9.47 Å². The Hall–Kier alpha value is -2.30. The van der Waals surface area contributed by atoms with Crippen LogP contribution in [0.3, 0.4) is 0 Å². The third-order valence-corrected chi connectivity index (χ3v) is 2.67. The van der Waals surface area contributed by atoms with Crippen molar-refractivity contribution in [3.8, 4) is 17.2 Å². The smallest absolute Gasteiger partial charge is 0.308 e. The molecule has 0 saturated heterocycles. The third kappa shape index (κ3) is 1.84. The summed E-state index contributed by atoms with van der Waals surface area (Å²) in [6, 6.07) is 1.68. The number of esters is 1. The Morgan fingerprint density at radius 1 is 1.33 bits per heavy atom. The molecule has 0 saturated carbocycles. The van der Waals surface area contributed by atoms with Crippen LogP contribution in [0.5, 0.6) is 17.2 Å². The molecule has 1 aromatic heterocycles. The number of aromatic hydroxyl groups is 1. The number of phenols is 1. The Labute approximate surface area is 104 Å². The number of rotatable bonds is 2. The average molecular weight is 247 g/mol. The van der Waals surface area contributed by atoms with E-state index in [1.54, 1.807) is 19.2 Å². The van der Waals surface area contributed by atoms with Gasteiger partial charge in [0.2, 0.25) is 0 Å². The van der Waals surface area contributed by atoms with Crippen molar-refractivity contribution >= 4 is 16.7 Å². The third-order valence-electron chi connectivity index (χ3n) is 2.67. The quantitative estimate of drug-likeness (QED) is 0.650. The molecule has 0 aliphatic rings. The van der Waals surface area contributed by atoms with E-state index in [1.165, 1.54) is 20.2 Å². The number of nitrogens with zero attached hydrogens (tertiary/aromatic N) is 1. The van der Waals surface area contributed by atoms with Crippen LogP contribution in [0.2, 0.25) is 0 Å². The number of ether oxygens (including phenoxy) is 2. The van der Waals surface area contributed by atoms with Gasteiger partial charge in [0.15, 0.2) is 11.5 Å². The molecular weight excluding hydrogens is 234 g/mol. The molecule has 0 amide bonds. The first-order valence-corrected chi connectivity index (χ1v) is 5.38. The molecule has 5 heteroatoms. The second-order valence-electron chi connectivity index (χ2n) is 3.85. The molecule has 5 nitrogen and oxygen atoms in total. The first-order chi connectivity index (χ1) is 8.56. The average Bonchev–Trinajstić information content (AvgIpc) is 2.35. The lowest BCUT2D eigenvalue weighted by Gasteiger charge is -2.15. The summed E-state index contributed by atoms with van der Waals surface area (Å²) >= 11 is 0. The van der Waals surface area contributed by atoms with Crippen molar-refractivity contribution in [1.82, 2.24) is 4.98 Å². The van der Waals surface area contributed by atoms with E-state index >= 15 is 0 Å². The molecule has 1 N–H and O–H groups in total. The minimum absolute atomic E-state index is 0.00555. The van der Waals surface area contributed by atoms with Crippen molar-refractivity contribution in [3.05, 3.63) is 24.0 Å². The lowest BCUT2D eigenvalue weighted by atomic mass is 10.1. The number of hydrogen-bond donors (Lipinski definition) is 1. The summed E-state index contributed by atoms with van der Waals surface area (Å²) in [4.78, 5) is 15.1. The zero-order valence-electron chi connectivity index (χ0n) is 10.4. The van der Waals surface area contributed by atoms with Gasteiger partial charge in [0, 0.05) is 35.7 Å². The van der Waals surface area contributed by atoms with Crippen LogP contribution in [0.15, 0.2) is 18.5 Å². The Bertz CT molecular complexity index is 622. The number of pyridine rings is 1. The monoisotopic (exact) mass is 247 g/mol. The largest absolute Gasteiger partial charge is 0.504 e. The summed E-state index contributed by atoms with van der Waals surface area (Å²) in [6.07, 6.45) is 3.07. The highest BCUT2D eigenvalue weighted by molar-refractivity contribution is 5.97. The molecular formula is C13H13NO4. The van der Waals surface area contributed by atoms with Crippen LogP contribution in [0, 0.1) is 6.92 Å². The molecule has 0 spiro atoms. The molecule has 0 fully saturated rings. The minimum Gasteiger partial charge on any atom is -0.504 e. The zero-order chi connectivity index (χ0) is 13.3. The molecule has 18 heavy (non-hydrogen) atoms. The van der Waals surface area contributed by atoms with Gasteiger partial charge in [-0.05, 0) is 13.0 Å². The van der Waals surface area contributed by atoms with E-state index in [0.717, 1.165) is 0 Å². The SMILES string of the molecule is COc1c(C)c(OC(C)=O)c2ccncc2c1O. The molecule has 0 radical (unpaired) electrons. The van der Waals surface area contributed by atoms with E-state index in [2.05, 4.69) is 4.98 Å². The van der Waals surface area contributed by atoms with Crippen molar-refractivity contribution in [2.24, 2.45) is 0 Å². The standard InChI is InChI=1S/C13H13NO4/c1-7-12(18-8(2)15)9-4-5-14-6-10(9)11(16)13(7)17-3/h4-6,16H,1-3H3. The Morgan fingerprint density at radius 2 is 2.06 bits per heavy atom. The van der Waals surface area contributed by atoms with Crippen LogP contribution in [-0.2, 0) is 4.79 Å². The number of carbonyl (C=O) groups excluding carboxylic acids is 1. The Morgan fingerprint density at radius 3 is 2.67 bits per heavy atom.